The molecule has 0 aliphatic carbocycles. The molecule has 0 bridgehead atoms. The zero-order valence-electron chi connectivity index (χ0n) is 8.42. The molecule has 0 aliphatic rings. The number of anilines is 1. The highest BCUT2D eigenvalue weighted by Crippen LogP contribution is 2.21. The fraction of sp³-hybridized carbons (Fsp3) is 0.364. The lowest BCUT2D eigenvalue weighted by molar-refractivity contribution is 0.964. The highest BCUT2D eigenvalue weighted by atomic mass is 79.9. The van der Waals surface area contributed by atoms with E-state index in [4.69, 9.17) is 5.26 Å². The molecule has 2 nitrogen and oxygen atoms in total. The van der Waals surface area contributed by atoms with Crippen LogP contribution in [0.3, 0.4) is 0 Å². The number of alkyl halides is 1. The lowest BCUT2D eigenvalue weighted by atomic mass is 10.1. The van der Waals surface area contributed by atoms with Gasteiger partial charge >= 0.3 is 0 Å². The van der Waals surface area contributed by atoms with Gasteiger partial charge in [0.25, 0.3) is 0 Å². The zero-order valence-corrected chi connectivity index (χ0v) is 10.0. The number of hydrogen-bond acceptors (Lipinski definition) is 2. The molecule has 0 saturated heterocycles. The first-order valence-corrected chi connectivity index (χ1v) is 5.65. The van der Waals surface area contributed by atoms with Crippen molar-refractivity contribution in [1.82, 2.24) is 0 Å². The Hall–Kier alpha value is -1.01. The van der Waals surface area contributed by atoms with Gasteiger partial charge in [0.1, 0.15) is 6.07 Å². The van der Waals surface area contributed by atoms with E-state index in [-0.39, 0.29) is 0 Å². The van der Waals surface area contributed by atoms with E-state index in [1.165, 1.54) is 0 Å². The van der Waals surface area contributed by atoms with Crippen LogP contribution >= 0.6 is 15.9 Å². The summed E-state index contributed by atoms with van der Waals surface area (Å²) in [6.45, 7) is 2.97. The Balaban J connectivity index is 3.13. The smallest absolute Gasteiger partial charge is 0.101 e. The van der Waals surface area contributed by atoms with Crippen molar-refractivity contribution in [3.05, 3.63) is 29.3 Å². The van der Waals surface area contributed by atoms with Crippen LogP contribution in [0.4, 0.5) is 5.69 Å². The summed E-state index contributed by atoms with van der Waals surface area (Å²) in [6, 6.07) is 8.19. The summed E-state index contributed by atoms with van der Waals surface area (Å²) < 4.78 is 0. The predicted molar refractivity (Wildman–Crippen MR) is 62.7 cm³/mol. The minimum atomic E-state index is 0.742. The topological polar surface area (TPSA) is 27.0 Å². The lowest BCUT2D eigenvalue weighted by Gasteiger charge is -2.18. The Kier molecular flexibility index (Phi) is 3.97. The van der Waals surface area contributed by atoms with Gasteiger partial charge in [-0.25, -0.2) is 0 Å². The largest absolute Gasteiger partial charge is 0.374 e. The number of rotatable bonds is 3. The Morgan fingerprint density at radius 2 is 2.21 bits per heavy atom. The van der Waals surface area contributed by atoms with Gasteiger partial charge < -0.3 is 4.90 Å². The van der Waals surface area contributed by atoms with Crippen LogP contribution in [0.5, 0.6) is 0 Å². The van der Waals surface area contributed by atoms with Crippen molar-refractivity contribution in [3.8, 4) is 6.07 Å². The van der Waals surface area contributed by atoms with E-state index < -0.39 is 0 Å². The highest BCUT2D eigenvalue weighted by molar-refractivity contribution is 9.08. The standard InChI is InChI=1S/C11H13BrN2/c1-3-14(2)11-5-4-9(7-12)6-10(11)8-13/h4-6H,3,7H2,1-2H3. The van der Waals surface area contributed by atoms with E-state index in [1.54, 1.807) is 0 Å². The van der Waals surface area contributed by atoms with E-state index in [2.05, 4.69) is 33.8 Å². The van der Waals surface area contributed by atoms with Crippen LogP contribution in [-0.4, -0.2) is 13.6 Å². The maximum absolute atomic E-state index is 8.99. The first-order chi connectivity index (χ1) is 6.72. The Bertz CT molecular complexity index is 355. The molecule has 0 N–H and O–H groups in total. The van der Waals surface area contributed by atoms with Crippen molar-refractivity contribution >= 4 is 21.6 Å². The summed E-state index contributed by atoms with van der Waals surface area (Å²) in [6.07, 6.45) is 0. The van der Waals surface area contributed by atoms with E-state index in [9.17, 15) is 0 Å². The highest BCUT2D eigenvalue weighted by Gasteiger charge is 2.05. The van der Waals surface area contributed by atoms with Gasteiger partial charge in [-0.2, -0.15) is 5.26 Å². The molecule has 0 radical (unpaired) electrons. The summed E-state index contributed by atoms with van der Waals surface area (Å²) in [5.74, 6) is 0. The van der Waals surface area contributed by atoms with Gasteiger partial charge in [0, 0.05) is 18.9 Å². The summed E-state index contributed by atoms with van der Waals surface area (Å²) in [7, 11) is 1.99. The van der Waals surface area contributed by atoms with Gasteiger partial charge in [-0.15, -0.1) is 0 Å². The molecule has 0 unspecified atom stereocenters. The first-order valence-electron chi connectivity index (χ1n) is 4.53. The summed E-state index contributed by atoms with van der Waals surface area (Å²) in [4.78, 5) is 2.07. The number of halogens is 1. The van der Waals surface area contributed by atoms with Crippen LogP contribution in [0.25, 0.3) is 0 Å². The molecule has 0 amide bonds. The van der Waals surface area contributed by atoms with Gasteiger partial charge in [-0.3, -0.25) is 0 Å². The summed E-state index contributed by atoms with van der Waals surface area (Å²) in [5, 5.41) is 9.78. The predicted octanol–water partition coefficient (Wildman–Crippen LogP) is 2.91. The van der Waals surface area contributed by atoms with Crippen LogP contribution in [0.2, 0.25) is 0 Å². The molecule has 0 atom stereocenters. The third-order valence-corrected chi connectivity index (χ3v) is 2.87. The second kappa shape index (κ2) is 5.02. The fourth-order valence-corrected chi connectivity index (χ4v) is 1.61. The number of nitrogens with zero attached hydrogens (tertiary/aromatic N) is 2. The van der Waals surface area contributed by atoms with E-state index in [0.29, 0.717) is 0 Å². The second-order valence-corrected chi connectivity index (χ2v) is 3.67. The first kappa shape index (κ1) is 11.1. The lowest BCUT2D eigenvalue weighted by Crippen LogP contribution is -2.17. The average molecular weight is 253 g/mol. The van der Waals surface area contributed by atoms with E-state index >= 15 is 0 Å². The van der Waals surface area contributed by atoms with Gasteiger partial charge in [0.05, 0.1) is 11.3 Å². The molecule has 0 aromatic heterocycles. The Labute approximate surface area is 93.3 Å². The summed E-state index contributed by atoms with van der Waals surface area (Å²) >= 11 is 3.38. The van der Waals surface area contributed by atoms with Crippen LogP contribution in [-0.2, 0) is 5.33 Å². The van der Waals surface area contributed by atoms with Crippen molar-refractivity contribution in [3.63, 3.8) is 0 Å². The molecular weight excluding hydrogens is 240 g/mol. The number of nitriles is 1. The molecule has 0 aliphatic heterocycles. The fourth-order valence-electron chi connectivity index (χ4n) is 1.26. The SMILES string of the molecule is CCN(C)c1ccc(CBr)cc1C#N. The van der Waals surface area contributed by atoms with Crippen molar-refractivity contribution in [2.24, 2.45) is 0 Å². The molecule has 3 heteroatoms. The van der Waals surface area contributed by atoms with Gasteiger partial charge in [0.15, 0.2) is 0 Å². The molecule has 0 spiro atoms. The minimum absolute atomic E-state index is 0.742. The third kappa shape index (κ3) is 2.27. The minimum Gasteiger partial charge on any atom is -0.374 e. The average Bonchev–Trinajstić information content (AvgIpc) is 2.27. The zero-order chi connectivity index (χ0) is 10.6. The van der Waals surface area contributed by atoms with Crippen LogP contribution in [0, 0.1) is 11.3 Å². The normalized spacial score (nSPS) is 9.57. The Morgan fingerprint density at radius 3 is 2.71 bits per heavy atom. The van der Waals surface area contributed by atoms with E-state index in [0.717, 1.165) is 28.7 Å². The molecule has 74 valence electrons. The summed E-state index contributed by atoms with van der Waals surface area (Å²) in [5.41, 5.74) is 2.88. The molecule has 1 aromatic rings. The molecule has 0 saturated carbocycles. The van der Waals surface area contributed by atoms with Crippen LogP contribution in [0.15, 0.2) is 18.2 Å². The quantitative estimate of drug-likeness (QED) is 0.774. The molecule has 1 rings (SSSR count). The van der Waals surface area contributed by atoms with E-state index in [1.807, 2.05) is 25.2 Å². The maximum atomic E-state index is 8.99. The molecule has 0 fully saturated rings. The monoisotopic (exact) mass is 252 g/mol. The number of benzene rings is 1. The van der Waals surface area contributed by atoms with Crippen molar-refractivity contribution < 1.29 is 0 Å². The third-order valence-electron chi connectivity index (χ3n) is 2.22. The van der Waals surface area contributed by atoms with Gasteiger partial charge in [-0.05, 0) is 24.6 Å². The Morgan fingerprint density at radius 1 is 1.50 bits per heavy atom. The van der Waals surface area contributed by atoms with Crippen LogP contribution in [0.1, 0.15) is 18.1 Å². The number of hydrogen-bond donors (Lipinski definition) is 0. The van der Waals surface area contributed by atoms with Crippen molar-refractivity contribution in [2.45, 2.75) is 12.3 Å². The van der Waals surface area contributed by atoms with Crippen molar-refractivity contribution in [2.75, 3.05) is 18.5 Å². The molecule has 1 aromatic carbocycles. The van der Waals surface area contributed by atoms with Gasteiger partial charge in [0.2, 0.25) is 0 Å². The maximum Gasteiger partial charge on any atom is 0.101 e. The second-order valence-electron chi connectivity index (χ2n) is 3.11. The molecule has 14 heavy (non-hydrogen) atoms. The van der Waals surface area contributed by atoms with Crippen LogP contribution < -0.4 is 4.90 Å². The molecular formula is C11H13BrN2. The molecule has 0 heterocycles. The van der Waals surface area contributed by atoms with Crippen molar-refractivity contribution in [1.29, 1.82) is 5.26 Å². The van der Waals surface area contributed by atoms with Gasteiger partial charge in [-0.1, -0.05) is 22.0 Å².